The highest BCUT2D eigenvalue weighted by atomic mass is 35.5. The summed E-state index contributed by atoms with van der Waals surface area (Å²) in [5, 5.41) is 10.4. The lowest BCUT2D eigenvalue weighted by molar-refractivity contribution is -0.129. The molecule has 0 saturated carbocycles. The molecule has 1 aliphatic rings. The van der Waals surface area contributed by atoms with Crippen LogP contribution in [0, 0.1) is 6.92 Å². The van der Waals surface area contributed by atoms with Crippen LogP contribution in [0.2, 0.25) is 5.02 Å². The van der Waals surface area contributed by atoms with Crippen LogP contribution >= 0.6 is 11.6 Å². The first kappa shape index (κ1) is 14.9. The van der Waals surface area contributed by atoms with Gasteiger partial charge in [-0.05, 0) is 31.4 Å². The van der Waals surface area contributed by atoms with Crippen LogP contribution in [0.4, 0.5) is 0 Å². The second-order valence-electron chi connectivity index (χ2n) is 5.56. The highest BCUT2D eigenvalue weighted by Gasteiger charge is 2.22. The van der Waals surface area contributed by atoms with Gasteiger partial charge < -0.3 is 14.4 Å². The van der Waals surface area contributed by atoms with Gasteiger partial charge in [0.25, 0.3) is 0 Å². The van der Waals surface area contributed by atoms with Crippen molar-refractivity contribution in [3.05, 3.63) is 38.7 Å². The molecule has 1 N–H and O–H groups in total. The van der Waals surface area contributed by atoms with E-state index in [9.17, 15) is 14.7 Å². The number of rotatable bonds is 2. The summed E-state index contributed by atoms with van der Waals surface area (Å²) in [4.78, 5) is 26.2. The quantitative estimate of drug-likeness (QED) is 0.863. The molecule has 0 bridgehead atoms. The number of hydrogen-bond donors (Lipinski definition) is 1. The third kappa shape index (κ3) is 2.57. The highest BCUT2D eigenvalue weighted by Crippen LogP contribution is 2.30. The van der Waals surface area contributed by atoms with Crippen molar-refractivity contribution in [3.8, 4) is 5.75 Å². The second kappa shape index (κ2) is 5.65. The molecule has 6 heteroatoms. The van der Waals surface area contributed by atoms with Gasteiger partial charge in [-0.3, -0.25) is 4.79 Å². The van der Waals surface area contributed by atoms with Gasteiger partial charge in [-0.25, -0.2) is 4.79 Å². The Labute approximate surface area is 132 Å². The van der Waals surface area contributed by atoms with Crippen molar-refractivity contribution in [2.75, 3.05) is 13.1 Å². The van der Waals surface area contributed by atoms with Gasteiger partial charge >= 0.3 is 5.63 Å². The number of fused-ring (bicyclic) bond motifs is 1. The van der Waals surface area contributed by atoms with Gasteiger partial charge in [-0.15, -0.1) is 0 Å². The predicted molar refractivity (Wildman–Crippen MR) is 83.4 cm³/mol. The Morgan fingerprint density at radius 2 is 2.05 bits per heavy atom. The molecule has 0 atom stereocenters. The first-order valence-corrected chi connectivity index (χ1v) is 7.57. The Morgan fingerprint density at radius 3 is 2.73 bits per heavy atom. The minimum absolute atomic E-state index is 0.0304. The third-order valence-electron chi connectivity index (χ3n) is 4.14. The molecule has 5 nitrogen and oxygen atoms in total. The van der Waals surface area contributed by atoms with Crippen LogP contribution in [0.3, 0.4) is 0 Å². The Balaban J connectivity index is 2.04. The molecular formula is C16H16ClNO4. The van der Waals surface area contributed by atoms with E-state index in [0.717, 1.165) is 25.9 Å². The Kier molecular flexibility index (Phi) is 3.83. The lowest BCUT2D eigenvalue weighted by Gasteiger charge is -2.16. The molecule has 2 aromatic rings. The largest absolute Gasteiger partial charge is 0.506 e. The van der Waals surface area contributed by atoms with E-state index in [1.165, 1.54) is 6.07 Å². The number of likely N-dealkylation sites (tertiary alicyclic amines) is 1. The molecule has 1 fully saturated rings. The number of halogens is 1. The average Bonchev–Trinajstić information content (AvgIpc) is 3.00. The van der Waals surface area contributed by atoms with Crippen LogP contribution in [-0.4, -0.2) is 29.0 Å². The number of carbonyl (C=O) groups is 1. The standard InChI is InChI=1S/C16H16ClNO4/c1-9-10-6-12(17)13(19)8-14(10)22-16(21)11(9)7-15(20)18-4-2-3-5-18/h6,8,19H,2-5,7H2,1H3. The SMILES string of the molecule is Cc1c(CC(=O)N2CCCC2)c(=O)oc2cc(O)c(Cl)cc12. The molecule has 1 aliphatic heterocycles. The van der Waals surface area contributed by atoms with Gasteiger partial charge in [-0.2, -0.15) is 0 Å². The number of carbonyl (C=O) groups excluding carboxylic acids is 1. The Morgan fingerprint density at radius 1 is 1.36 bits per heavy atom. The average molecular weight is 322 g/mol. The van der Waals surface area contributed by atoms with E-state index in [1.807, 2.05) is 0 Å². The second-order valence-corrected chi connectivity index (χ2v) is 5.96. The van der Waals surface area contributed by atoms with Crippen LogP contribution in [0.1, 0.15) is 24.0 Å². The molecule has 116 valence electrons. The maximum atomic E-state index is 12.3. The van der Waals surface area contributed by atoms with Crippen LogP contribution < -0.4 is 5.63 Å². The van der Waals surface area contributed by atoms with Crippen LogP contribution in [0.25, 0.3) is 11.0 Å². The monoisotopic (exact) mass is 321 g/mol. The van der Waals surface area contributed by atoms with E-state index in [0.29, 0.717) is 16.5 Å². The fourth-order valence-corrected chi connectivity index (χ4v) is 3.00. The summed E-state index contributed by atoms with van der Waals surface area (Å²) in [6.07, 6.45) is 2.04. The smallest absolute Gasteiger partial charge is 0.340 e. The number of nitrogens with zero attached hydrogens (tertiary/aromatic N) is 1. The third-order valence-corrected chi connectivity index (χ3v) is 4.44. The van der Waals surface area contributed by atoms with E-state index in [4.69, 9.17) is 16.0 Å². The van der Waals surface area contributed by atoms with Crippen LogP contribution in [0.15, 0.2) is 21.3 Å². The Bertz CT molecular complexity index is 806. The van der Waals surface area contributed by atoms with E-state index < -0.39 is 5.63 Å². The van der Waals surface area contributed by atoms with Gasteiger partial charge in [0.1, 0.15) is 11.3 Å². The van der Waals surface area contributed by atoms with Crippen molar-refractivity contribution in [2.45, 2.75) is 26.2 Å². The molecule has 2 heterocycles. The minimum Gasteiger partial charge on any atom is -0.506 e. The first-order chi connectivity index (χ1) is 10.5. The number of amides is 1. The maximum absolute atomic E-state index is 12.3. The molecule has 1 saturated heterocycles. The predicted octanol–water partition coefficient (Wildman–Crippen LogP) is 2.63. The molecule has 3 rings (SSSR count). The normalized spacial score (nSPS) is 14.7. The number of phenols is 1. The molecule has 0 radical (unpaired) electrons. The highest BCUT2D eigenvalue weighted by molar-refractivity contribution is 6.32. The van der Waals surface area contributed by atoms with Gasteiger partial charge in [0.15, 0.2) is 0 Å². The van der Waals surface area contributed by atoms with Gasteiger partial charge in [0, 0.05) is 24.5 Å². The summed E-state index contributed by atoms with van der Waals surface area (Å²) in [7, 11) is 0. The van der Waals surface area contributed by atoms with E-state index in [-0.39, 0.29) is 28.7 Å². The summed E-state index contributed by atoms with van der Waals surface area (Å²) in [6, 6.07) is 2.87. The zero-order chi connectivity index (χ0) is 15.9. The van der Waals surface area contributed by atoms with Crippen molar-refractivity contribution in [3.63, 3.8) is 0 Å². The zero-order valence-corrected chi connectivity index (χ0v) is 12.9. The number of aromatic hydroxyl groups is 1. The summed E-state index contributed by atoms with van der Waals surface area (Å²) in [6.45, 7) is 3.26. The van der Waals surface area contributed by atoms with Crippen LogP contribution in [-0.2, 0) is 11.2 Å². The molecule has 0 aliphatic carbocycles. The summed E-state index contributed by atoms with van der Waals surface area (Å²) in [5.74, 6) is -0.199. The fourth-order valence-electron chi connectivity index (χ4n) is 2.83. The van der Waals surface area contributed by atoms with Gasteiger partial charge in [0.05, 0.1) is 17.0 Å². The molecule has 1 amide bonds. The van der Waals surface area contributed by atoms with E-state index in [2.05, 4.69) is 0 Å². The topological polar surface area (TPSA) is 70.8 Å². The van der Waals surface area contributed by atoms with Crippen molar-refractivity contribution >= 4 is 28.5 Å². The molecule has 0 spiro atoms. The zero-order valence-electron chi connectivity index (χ0n) is 12.2. The Hall–Kier alpha value is -2.01. The van der Waals surface area contributed by atoms with Gasteiger partial charge in [0.2, 0.25) is 5.91 Å². The van der Waals surface area contributed by atoms with Crippen molar-refractivity contribution in [1.29, 1.82) is 0 Å². The van der Waals surface area contributed by atoms with Crippen LogP contribution in [0.5, 0.6) is 5.75 Å². The lowest BCUT2D eigenvalue weighted by atomic mass is 10.0. The molecular weight excluding hydrogens is 306 g/mol. The molecule has 0 unspecified atom stereocenters. The number of phenolic OH excluding ortho intramolecular Hbond substituents is 1. The number of benzene rings is 1. The molecule has 22 heavy (non-hydrogen) atoms. The number of hydrogen-bond acceptors (Lipinski definition) is 4. The van der Waals surface area contributed by atoms with E-state index in [1.54, 1.807) is 17.9 Å². The summed E-state index contributed by atoms with van der Waals surface area (Å²) >= 11 is 5.92. The maximum Gasteiger partial charge on any atom is 0.340 e. The molecule has 1 aromatic heterocycles. The first-order valence-electron chi connectivity index (χ1n) is 7.20. The van der Waals surface area contributed by atoms with Crippen molar-refractivity contribution < 1.29 is 14.3 Å². The fraction of sp³-hybridized carbons (Fsp3) is 0.375. The lowest BCUT2D eigenvalue weighted by Crippen LogP contribution is -2.31. The number of aryl methyl sites for hydroxylation is 1. The summed E-state index contributed by atoms with van der Waals surface area (Å²) < 4.78 is 5.23. The van der Waals surface area contributed by atoms with Gasteiger partial charge in [-0.1, -0.05) is 11.6 Å². The molecule has 1 aromatic carbocycles. The minimum atomic E-state index is -0.542. The summed E-state index contributed by atoms with van der Waals surface area (Å²) in [5.41, 5.74) is 0.743. The van der Waals surface area contributed by atoms with Crippen molar-refractivity contribution in [1.82, 2.24) is 4.90 Å². The van der Waals surface area contributed by atoms with E-state index >= 15 is 0 Å². The van der Waals surface area contributed by atoms with Crippen molar-refractivity contribution in [2.24, 2.45) is 0 Å².